The first-order chi connectivity index (χ1) is 10.7. The van der Waals surface area contributed by atoms with Gasteiger partial charge in [-0.3, -0.25) is 0 Å². The summed E-state index contributed by atoms with van der Waals surface area (Å²) < 4.78 is 0. The summed E-state index contributed by atoms with van der Waals surface area (Å²) in [5, 5.41) is 0. The maximum absolute atomic E-state index is 2.34. The highest BCUT2D eigenvalue weighted by Gasteiger charge is 2.21. The summed E-state index contributed by atoms with van der Waals surface area (Å²) in [4.78, 5) is 2.26. The van der Waals surface area contributed by atoms with E-state index in [1.807, 2.05) is 0 Å². The lowest BCUT2D eigenvalue weighted by Gasteiger charge is -2.32. The minimum absolute atomic E-state index is 0.316. The van der Waals surface area contributed by atoms with Crippen molar-refractivity contribution in [1.29, 1.82) is 0 Å². The summed E-state index contributed by atoms with van der Waals surface area (Å²) >= 11 is 0. The highest BCUT2D eigenvalue weighted by atomic mass is 15.1. The Morgan fingerprint density at radius 2 is 1.64 bits per heavy atom. The van der Waals surface area contributed by atoms with E-state index in [-0.39, 0.29) is 0 Å². The van der Waals surface area contributed by atoms with Gasteiger partial charge in [-0.05, 0) is 54.3 Å². The van der Waals surface area contributed by atoms with E-state index in [9.17, 15) is 0 Å². The van der Waals surface area contributed by atoms with Crippen molar-refractivity contribution in [1.82, 2.24) is 4.90 Å². The largest absolute Gasteiger partial charge is 0.343 e. The van der Waals surface area contributed by atoms with Gasteiger partial charge in [-0.15, -0.1) is 0 Å². The standard InChI is InChI=1S/C21H19N/c1-15-11-16(2)13-19(12-15)18-7-6-17-8-10-22-9-4-3-5-21(22)20(17)14-18/h3-14,21H,1-2H3. The Balaban J connectivity index is 1.83. The number of fused-ring (bicyclic) bond motifs is 3. The Morgan fingerprint density at radius 1 is 0.818 bits per heavy atom. The minimum Gasteiger partial charge on any atom is -0.343 e. The van der Waals surface area contributed by atoms with Gasteiger partial charge in [0.15, 0.2) is 0 Å². The van der Waals surface area contributed by atoms with Crippen LogP contribution in [0.4, 0.5) is 0 Å². The molecule has 2 aromatic rings. The average molecular weight is 285 g/mol. The van der Waals surface area contributed by atoms with Crippen molar-refractivity contribution in [2.24, 2.45) is 0 Å². The lowest BCUT2D eigenvalue weighted by Crippen LogP contribution is -2.21. The van der Waals surface area contributed by atoms with Gasteiger partial charge in [0.1, 0.15) is 0 Å². The van der Waals surface area contributed by atoms with Gasteiger partial charge in [0, 0.05) is 12.4 Å². The van der Waals surface area contributed by atoms with E-state index >= 15 is 0 Å². The van der Waals surface area contributed by atoms with Crippen LogP contribution in [0.15, 0.2) is 67.0 Å². The van der Waals surface area contributed by atoms with E-state index in [0.29, 0.717) is 6.04 Å². The molecule has 0 N–H and O–H groups in total. The van der Waals surface area contributed by atoms with Gasteiger partial charge in [-0.1, -0.05) is 53.6 Å². The smallest absolute Gasteiger partial charge is 0.0773 e. The normalized spacial score (nSPS) is 18.3. The Labute approximate surface area is 131 Å². The number of nitrogens with zero attached hydrogens (tertiary/aromatic N) is 1. The first-order valence-electron chi connectivity index (χ1n) is 7.74. The molecule has 0 saturated heterocycles. The molecule has 1 nitrogen and oxygen atoms in total. The highest BCUT2D eigenvalue weighted by molar-refractivity contribution is 5.70. The molecule has 0 fully saturated rings. The van der Waals surface area contributed by atoms with Crippen LogP contribution >= 0.6 is 0 Å². The molecule has 0 saturated carbocycles. The summed E-state index contributed by atoms with van der Waals surface area (Å²) in [5.41, 5.74) is 7.92. The van der Waals surface area contributed by atoms with Crippen LogP contribution in [0.5, 0.6) is 0 Å². The second kappa shape index (κ2) is 5.03. The predicted molar refractivity (Wildman–Crippen MR) is 93.2 cm³/mol. The van der Waals surface area contributed by atoms with E-state index in [0.717, 1.165) is 0 Å². The molecule has 1 unspecified atom stereocenters. The molecule has 108 valence electrons. The fraction of sp³-hybridized carbons (Fsp3) is 0.143. The fourth-order valence-corrected chi connectivity index (χ4v) is 3.39. The third-order valence-electron chi connectivity index (χ3n) is 4.37. The number of hydrogen-bond donors (Lipinski definition) is 0. The molecule has 2 heterocycles. The van der Waals surface area contributed by atoms with E-state index < -0.39 is 0 Å². The first-order valence-corrected chi connectivity index (χ1v) is 7.74. The van der Waals surface area contributed by atoms with Crippen molar-refractivity contribution >= 4 is 6.08 Å². The summed E-state index contributed by atoms with van der Waals surface area (Å²) in [5.74, 6) is 0. The van der Waals surface area contributed by atoms with Gasteiger partial charge < -0.3 is 4.90 Å². The van der Waals surface area contributed by atoms with Crippen LogP contribution in [0.3, 0.4) is 0 Å². The second-order valence-corrected chi connectivity index (χ2v) is 6.15. The molecule has 0 amide bonds. The number of hydrogen-bond acceptors (Lipinski definition) is 1. The minimum atomic E-state index is 0.316. The topological polar surface area (TPSA) is 3.24 Å². The van der Waals surface area contributed by atoms with Gasteiger partial charge in [-0.2, -0.15) is 0 Å². The second-order valence-electron chi connectivity index (χ2n) is 6.15. The lowest BCUT2D eigenvalue weighted by atomic mass is 9.90. The van der Waals surface area contributed by atoms with Crippen LogP contribution in [0.25, 0.3) is 17.2 Å². The molecule has 0 bridgehead atoms. The zero-order valence-corrected chi connectivity index (χ0v) is 13.0. The maximum Gasteiger partial charge on any atom is 0.0773 e. The van der Waals surface area contributed by atoms with Crippen LogP contribution in [-0.4, -0.2) is 4.90 Å². The average Bonchev–Trinajstić information content (AvgIpc) is 2.53. The molecule has 0 spiro atoms. The van der Waals surface area contributed by atoms with Crippen LogP contribution < -0.4 is 0 Å². The SMILES string of the molecule is Cc1cc(C)cc(-c2ccc3c(c2)C2C=CC=CN2C=C3)c1. The molecular weight excluding hydrogens is 266 g/mol. The molecular formula is C21H19N. The van der Waals surface area contributed by atoms with Gasteiger partial charge in [0.05, 0.1) is 6.04 Å². The Bertz CT molecular complexity index is 804. The van der Waals surface area contributed by atoms with Crippen molar-refractivity contribution in [3.63, 3.8) is 0 Å². The molecule has 0 aromatic heterocycles. The quantitative estimate of drug-likeness (QED) is 0.679. The third-order valence-corrected chi connectivity index (χ3v) is 4.37. The predicted octanol–water partition coefficient (Wildman–Crippen LogP) is 5.38. The Morgan fingerprint density at radius 3 is 2.45 bits per heavy atom. The van der Waals surface area contributed by atoms with Gasteiger partial charge in [0.25, 0.3) is 0 Å². The Kier molecular flexibility index (Phi) is 3.00. The van der Waals surface area contributed by atoms with Gasteiger partial charge >= 0.3 is 0 Å². The molecule has 0 aliphatic carbocycles. The number of rotatable bonds is 1. The number of aryl methyl sites for hydroxylation is 2. The molecule has 1 heteroatoms. The molecule has 2 aliphatic heterocycles. The maximum atomic E-state index is 2.34. The monoisotopic (exact) mass is 285 g/mol. The van der Waals surface area contributed by atoms with Crippen LogP contribution in [-0.2, 0) is 0 Å². The van der Waals surface area contributed by atoms with Crippen LogP contribution in [0.1, 0.15) is 28.3 Å². The van der Waals surface area contributed by atoms with Gasteiger partial charge in [-0.25, -0.2) is 0 Å². The molecule has 0 radical (unpaired) electrons. The van der Waals surface area contributed by atoms with E-state index in [1.165, 1.54) is 33.4 Å². The van der Waals surface area contributed by atoms with E-state index in [2.05, 4.69) is 91.8 Å². The first kappa shape index (κ1) is 13.1. The summed E-state index contributed by atoms with van der Waals surface area (Å²) in [6, 6.07) is 13.9. The van der Waals surface area contributed by atoms with Crippen molar-refractivity contribution in [2.75, 3.05) is 0 Å². The van der Waals surface area contributed by atoms with Crippen LogP contribution in [0, 0.1) is 13.8 Å². The zero-order valence-electron chi connectivity index (χ0n) is 13.0. The fourth-order valence-electron chi connectivity index (χ4n) is 3.39. The molecule has 4 rings (SSSR count). The summed E-state index contributed by atoms with van der Waals surface area (Å²) in [6.45, 7) is 4.32. The van der Waals surface area contributed by atoms with Gasteiger partial charge in [0.2, 0.25) is 0 Å². The highest BCUT2D eigenvalue weighted by Crippen LogP contribution is 2.36. The third kappa shape index (κ3) is 2.19. The number of benzene rings is 2. The lowest BCUT2D eigenvalue weighted by molar-refractivity contribution is 0.430. The molecule has 1 atom stereocenters. The zero-order chi connectivity index (χ0) is 15.1. The van der Waals surface area contributed by atoms with Crippen molar-refractivity contribution in [3.05, 3.63) is 89.3 Å². The van der Waals surface area contributed by atoms with Crippen molar-refractivity contribution < 1.29 is 0 Å². The molecule has 2 aliphatic rings. The van der Waals surface area contributed by atoms with Crippen LogP contribution in [0.2, 0.25) is 0 Å². The molecule has 2 aromatic carbocycles. The van der Waals surface area contributed by atoms with Crippen molar-refractivity contribution in [3.8, 4) is 11.1 Å². The van der Waals surface area contributed by atoms with E-state index in [4.69, 9.17) is 0 Å². The van der Waals surface area contributed by atoms with E-state index in [1.54, 1.807) is 0 Å². The molecule has 22 heavy (non-hydrogen) atoms. The Hall–Kier alpha value is -2.54. The summed E-state index contributed by atoms with van der Waals surface area (Å²) in [7, 11) is 0. The summed E-state index contributed by atoms with van der Waals surface area (Å²) in [6.07, 6.45) is 13.0. The van der Waals surface area contributed by atoms with Crippen molar-refractivity contribution in [2.45, 2.75) is 19.9 Å². The number of allylic oxidation sites excluding steroid dienone is 2.